The molecule has 0 aliphatic heterocycles. The van der Waals surface area contributed by atoms with Gasteiger partial charge in [-0.15, -0.1) is 11.3 Å². The standard InChI is InChI=1S/C20H30N2O2S2/c1-2-24-19(23)17-15-12-8-3-4-9-13-16(15)26-18(17)22-20(25)21-14-10-6-5-7-11-14/h14H,2-13H2,1H3,(H2,21,22,25). The van der Waals surface area contributed by atoms with E-state index in [1.165, 1.54) is 61.8 Å². The van der Waals surface area contributed by atoms with Gasteiger partial charge in [0.15, 0.2) is 5.11 Å². The monoisotopic (exact) mass is 394 g/mol. The number of carbonyl (C=O) groups is 1. The molecule has 0 bridgehead atoms. The molecule has 6 heteroatoms. The molecule has 0 radical (unpaired) electrons. The number of hydrogen-bond acceptors (Lipinski definition) is 4. The highest BCUT2D eigenvalue weighted by Crippen LogP contribution is 2.37. The van der Waals surface area contributed by atoms with Crippen molar-refractivity contribution in [3.8, 4) is 0 Å². The van der Waals surface area contributed by atoms with Gasteiger partial charge in [-0.1, -0.05) is 32.1 Å². The molecule has 26 heavy (non-hydrogen) atoms. The van der Waals surface area contributed by atoms with Crippen LogP contribution in [0.1, 0.15) is 85.5 Å². The number of hydrogen-bond donors (Lipinski definition) is 2. The fourth-order valence-corrected chi connectivity index (χ4v) is 5.61. The Balaban J connectivity index is 1.78. The number of aryl methyl sites for hydroxylation is 1. The first kappa shape index (κ1) is 19.6. The molecule has 1 aromatic heterocycles. The van der Waals surface area contributed by atoms with E-state index in [-0.39, 0.29) is 5.97 Å². The highest BCUT2D eigenvalue weighted by atomic mass is 32.1. The third kappa shape index (κ3) is 4.97. The number of thiophene rings is 1. The smallest absolute Gasteiger partial charge is 0.341 e. The molecular formula is C20H30N2O2S2. The van der Waals surface area contributed by atoms with E-state index >= 15 is 0 Å². The van der Waals surface area contributed by atoms with E-state index < -0.39 is 0 Å². The second-order valence-electron chi connectivity index (χ2n) is 7.28. The fourth-order valence-electron chi connectivity index (χ4n) is 4.00. The van der Waals surface area contributed by atoms with Crippen LogP contribution in [0.2, 0.25) is 0 Å². The molecule has 0 atom stereocenters. The van der Waals surface area contributed by atoms with Crippen molar-refractivity contribution in [3.63, 3.8) is 0 Å². The van der Waals surface area contributed by atoms with Gasteiger partial charge < -0.3 is 15.4 Å². The van der Waals surface area contributed by atoms with Gasteiger partial charge in [-0.25, -0.2) is 4.79 Å². The Morgan fingerprint density at radius 2 is 1.81 bits per heavy atom. The lowest BCUT2D eigenvalue weighted by Crippen LogP contribution is -2.38. The van der Waals surface area contributed by atoms with Gasteiger partial charge in [-0.2, -0.15) is 0 Å². The molecule has 0 amide bonds. The van der Waals surface area contributed by atoms with Gasteiger partial charge in [-0.3, -0.25) is 0 Å². The number of anilines is 1. The molecule has 4 nitrogen and oxygen atoms in total. The first-order valence-electron chi connectivity index (χ1n) is 10.1. The number of fused-ring (bicyclic) bond motifs is 1. The maximum absolute atomic E-state index is 12.6. The van der Waals surface area contributed by atoms with Crippen molar-refractivity contribution in [1.29, 1.82) is 0 Å². The van der Waals surface area contributed by atoms with Crippen molar-refractivity contribution in [3.05, 3.63) is 16.0 Å². The maximum atomic E-state index is 12.6. The molecule has 0 spiro atoms. The molecule has 144 valence electrons. The Hall–Kier alpha value is -1.14. The number of esters is 1. The Labute approximate surface area is 166 Å². The van der Waals surface area contributed by atoms with Gasteiger partial charge in [0.05, 0.1) is 12.2 Å². The van der Waals surface area contributed by atoms with Gasteiger partial charge in [0.25, 0.3) is 0 Å². The zero-order valence-electron chi connectivity index (χ0n) is 15.7. The van der Waals surface area contributed by atoms with Crippen molar-refractivity contribution in [2.24, 2.45) is 0 Å². The number of carbonyl (C=O) groups excluding carboxylic acids is 1. The summed E-state index contributed by atoms with van der Waals surface area (Å²) in [5, 5.41) is 8.28. The SMILES string of the molecule is CCOC(=O)c1c(NC(=S)NC2CCCCC2)sc2c1CCCCCC2. The molecule has 1 fully saturated rings. The minimum absolute atomic E-state index is 0.214. The molecule has 2 aliphatic carbocycles. The van der Waals surface area contributed by atoms with Crippen LogP contribution in [-0.2, 0) is 17.6 Å². The zero-order chi connectivity index (χ0) is 18.4. The van der Waals surface area contributed by atoms with Gasteiger partial charge in [0.1, 0.15) is 5.00 Å². The fraction of sp³-hybridized carbons (Fsp3) is 0.700. The first-order valence-corrected chi connectivity index (χ1v) is 11.3. The van der Waals surface area contributed by atoms with Crippen LogP contribution in [0, 0.1) is 0 Å². The Morgan fingerprint density at radius 3 is 2.54 bits per heavy atom. The van der Waals surface area contributed by atoms with Crippen molar-refractivity contribution in [2.75, 3.05) is 11.9 Å². The van der Waals surface area contributed by atoms with E-state index in [4.69, 9.17) is 17.0 Å². The summed E-state index contributed by atoms with van der Waals surface area (Å²) in [7, 11) is 0. The van der Waals surface area contributed by atoms with Gasteiger partial charge >= 0.3 is 5.97 Å². The van der Waals surface area contributed by atoms with E-state index in [9.17, 15) is 4.79 Å². The Kier molecular flexibility index (Phi) is 7.32. The van der Waals surface area contributed by atoms with Crippen molar-refractivity contribution < 1.29 is 9.53 Å². The maximum Gasteiger partial charge on any atom is 0.341 e. The summed E-state index contributed by atoms with van der Waals surface area (Å²) in [5.41, 5.74) is 1.91. The largest absolute Gasteiger partial charge is 0.462 e. The average molecular weight is 395 g/mol. The predicted octanol–water partition coefficient (Wildman–Crippen LogP) is 5.20. The van der Waals surface area contributed by atoms with Gasteiger partial charge in [0.2, 0.25) is 0 Å². The van der Waals surface area contributed by atoms with E-state index in [0.717, 1.165) is 29.8 Å². The van der Waals surface area contributed by atoms with Crippen LogP contribution < -0.4 is 10.6 Å². The third-order valence-corrected chi connectivity index (χ3v) is 6.75. The summed E-state index contributed by atoms with van der Waals surface area (Å²) in [5.74, 6) is -0.214. The highest BCUT2D eigenvalue weighted by molar-refractivity contribution is 7.80. The second kappa shape index (κ2) is 9.70. The summed E-state index contributed by atoms with van der Waals surface area (Å²) in [4.78, 5) is 14.0. The van der Waals surface area contributed by atoms with Gasteiger partial charge in [0, 0.05) is 10.9 Å². The van der Waals surface area contributed by atoms with E-state index in [1.807, 2.05) is 6.92 Å². The number of thiocarbonyl (C=S) groups is 1. The van der Waals surface area contributed by atoms with Crippen LogP contribution >= 0.6 is 23.6 Å². The number of rotatable bonds is 4. The van der Waals surface area contributed by atoms with E-state index in [2.05, 4.69) is 10.6 Å². The lowest BCUT2D eigenvalue weighted by atomic mass is 9.96. The van der Waals surface area contributed by atoms with E-state index in [1.54, 1.807) is 11.3 Å². The first-order chi connectivity index (χ1) is 12.7. The molecule has 1 heterocycles. The molecular weight excluding hydrogens is 364 g/mol. The highest BCUT2D eigenvalue weighted by Gasteiger charge is 2.26. The number of ether oxygens (including phenoxy) is 1. The summed E-state index contributed by atoms with van der Waals surface area (Å²) >= 11 is 7.24. The quantitative estimate of drug-likeness (QED) is 0.543. The summed E-state index contributed by atoms with van der Waals surface area (Å²) < 4.78 is 5.36. The molecule has 1 saturated carbocycles. The molecule has 1 aromatic rings. The van der Waals surface area contributed by atoms with Crippen LogP contribution in [0.25, 0.3) is 0 Å². The molecule has 0 aromatic carbocycles. The third-order valence-electron chi connectivity index (χ3n) is 5.32. The van der Waals surface area contributed by atoms with Crippen molar-refractivity contribution in [2.45, 2.75) is 83.6 Å². The average Bonchev–Trinajstić information content (AvgIpc) is 2.92. The van der Waals surface area contributed by atoms with Crippen molar-refractivity contribution in [1.82, 2.24) is 5.32 Å². The Morgan fingerprint density at radius 1 is 1.12 bits per heavy atom. The Bertz CT molecular complexity index is 636. The van der Waals surface area contributed by atoms with Gasteiger partial charge in [-0.05, 0) is 63.2 Å². The van der Waals surface area contributed by atoms with Crippen LogP contribution in [0.3, 0.4) is 0 Å². The summed E-state index contributed by atoms with van der Waals surface area (Å²) in [6.07, 6.45) is 13.1. The second-order valence-corrected chi connectivity index (χ2v) is 8.79. The lowest BCUT2D eigenvalue weighted by Gasteiger charge is -2.24. The number of nitrogens with one attached hydrogen (secondary N) is 2. The van der Waals surface area contributed by atoms with Crippen LogP contribution in [0.5, 0.6) is 0 Å². The zero-order valence-corrected chi connectivity index (χ0v) is 17.3. The molecule has 3 rings (SSSR count). The lowest BCUT2D eigenvalue weighted by molar-refractivity contribution is 0.0526. The minimum Gasteiger partial charge on any atom is -0.462 e. The summed E-state index contributed by atoms with van der Waals surface area (Å²) in [6, 6.07) is 0.454. The topological polar surface area (TPSA) is 50.4 Å². The van der Waals surface area contributed by atoms with Crippen LogP contribution in [-0.4, -0.2) is 23.7 Å². The minimum atomic E-state index is -0.214. The van der Waals surface area contributed by atoms with Crippen LogP contribution in [0.15, 0.2) is 0 Å². The predicted molar refractivity (Wildman–Crippen MR) is 112 cm³/mol. The molecule has 0 saturated heterocycles. The molecule has 2 aliphatic rings. The molecule has 2 N–H and O–H groups in total. The molecule has 0 unspecified atom stereocenters. The van der Waals surface area contributed by atoms with Crippen molar-refractivity contribution >= 4 is 39.6 Å². The normalized spacial score (nSPS) is 18.3. The summed E-state index contributed by atoms with van der Waals surface area (Å²) in [6.45, 7) is 2.25. The van der Waals surface area contributed by atoms with Crippen LogP contribution in [0.4, 0.5) is 5.00 Å². The van der Waals surface area contributed by atoms with E-state index in [0.29, 0.717) is 17.8 Å².